The van der Waals surface area contributed by atoms with Crippen molar-refractivity contribution in [2.75, 3.05) is 11.9 Å². The Bertz CT molecular complexity index is 381. The molecule has 0 bridgehead atoms. The van der Waals surface area contributed by atoms with Gasteiger partial charge in [0.15, 0.2) is 5.58 Å². The molecule has 2 rings (SSSR count). The van der Waals surface area contributed by atoms with E-state index in [1.165, 1.54) is 0 Å². The summed E-state index contributed by atoms with van der Waals surface area (Å²) in [7, 11) is 0. The van der Waals surface area contributed by atoms with Gasteiger partial charge in [0.2, 0.25) is 0 Å². The van der Waals surface area contributed by atoms with E-state index < -0.39 is 0 Å². The molecular weight excluding hydrogens is 152 g/mol. The normalized spacial score (nSPS) is 10.4. The molecule has 0 aliphatic carbocycles. The van der Waals surface area contributed by atoms with Crippen molar-refractivity contribution >= 4 is 16.7 Å². The Balaban J connectivity index is 2.46. The highest BCUT2D eigenvalue weighted by Gasteiger charge is 1.97. The summed E-state index contributed by atoms with van der Waals surface area (Å²) in [5, 5.41) is 7.96. The van der Waals surface area contributed by atoms with E-state index in [-0.39, 0.29) is 0 Å². The van der Waals surface area contributed by atoms with Gasteiger partial charge >= 0.3 is 0 Å². The van der Waals surface area contributed by atoms with Crippen molar-refractivity contribution in [3.05, 3.63) is 24.4 Å². The molecule has 0 unspecified atom stereocenters. The van der Waals surface area contributed by atoms with Crippen molar-refractivity contribution < 1.29 is 4.52 Å². The number of nitrogens with one attached hydrogen (secondary N) is 1. The molecule has 0 saturated heterocycles. The Morgan fingerprint density at radius 1 is 1.50 bits per heavy atom. The van der Waals surface area contributed by atoms with Gasteiger partial charge in [-0.2, -0.15) is 0 Å². The van der Waals surface area contributed by atoms with E-state index in [2.05, 4.69) is 17.4 Å². The van der Waals surface area contributed by atoms with Gasteiger partial charge in [0, 0.05) is 17.6 Å². The fraction of sp³-hybridized carbons (Fsp3) is 0.222. The van der Waals surface area contributed by atoms with Crippen LogP contribution < -0.4 is 5.32 Å². The first-order chi connectivity index (χ1) is 5.90. The lowest BCUT2D eigenvalue weighted by Gasteiger charge is -2.00. The van der Waals surface area contributed by atoms with Gasteiger partial charge in [-0.15, -0.1) is 0 Å². The molecule has 1 aromatic heterocycles. The monoisotopic (exact) mass is 162 g/mol. The van der Waals surface area contributed by atoms with E-state index in [1.54, 1.807) is 6.20 Å². The minimum absolute atomic E-state index is 0.830. The number of fused-ring (bicyclic) bond motifs is 1. The third-order valence-corrected chi connectivity index (χ3v) is 1.73. The van der Waals surface area contributed by atoms with Crippen LogP contribution in [0.15, 0.2) is 28.9 Å². The molecule has 0 aliphatic rings. The van der Waals surface area contributed by atoms with Crippen molar-refractivity contribution in [1.29, 1.82) is 0 Å². The molecule has 2 aromatic rings. The van der Waals surface area contributed by atoms with Crippen LogP contribution in [-0.2, 0) is 0 Å². The van der Waals surface area contributed by atoms with Crippen LogP contribution in [0.5, 0.6) is 0 Å². The number of hydrogen-bond donors (Lipinski definition) is 1. The van der Waals surface area contributed by atoms with Crippen LogP contribution in [0, 0.1) is 0 Å². The predicted molar refractivity (Wildman–Crippen MR) is 48.2 cm³/mol. The first-order valence-corrected chi connectivity index (χ1v) is 3.98. The summed E-state index contributed by atoms with van der Waals surface area (Å²) in [6.07, 6.45) is 1.72. The van der Waals surface area contributed by atoms with E-state index in [1.807, 2.05) is 18.2 Å². The van der Waals surface area contributed by atoms with Gasteiger partial charge in [-0.25, -0.2) is 0 Å². The van der Waals surface area contributed by atoms with E-state index in [9.17, 15) is 0 Å². The van der Waals surface area contributed by atoms with Crippen LogP contribution in [0.4, 0.5) is 5.69 Å². The van der Waals surface area contributed by atoms with Crippen LogP contribution in [0.2, 0.25) is 0 Å². The average Bonchev–Trinajstić information content (AvgIpc) is 2.51. The van der Waals surface area contributed by atoms with Crippen molar-refractivity contribution in [3.63, 3.8) is 0 Å². The van der Waals surface area contributed by atoms with Gasteiger partial charge < -0.3 is 9.84 Å². The third kappa shape index (κ3) is 1.13. The average molecular weight is 162 g/mol. The highest BCUT2D eigenvalue weighted by Crippen LogP contribution is 2.17. The van der Waals surface area contributed by atoms with Gasteiger partial charge in [0.1, 0.15) is 0 Å². The molecule has 0 radical (unpaired) electrons. The number of anilines is 1. The maximum Gasteiger partial charge on any atom is 0.166 e. The molecule has 1 aromatic carbocycles. The Morgan fingerprint density at radius 3 is 3.25 bits per heavy atom. The summed E-state index contributed by atoms with van der Waals surface area (Å²) in [6.45, 7) is 2.99. The first kappa shape index (κ1) is 7.16. The van der Waals surface area contributed by atoms with Crippen molar-refractivity contribution in [3.8, 4) is 0 Å². The molecule has 1 N–H and O–H groups in total. The minimum atomic E-state index is 0.830. The molecule has 3 heteroatoms. The fourth-order valence-electron chi connectivity index (χ4n) is 1.19. The smallest absolute Gasteiger partial charge is 0.166 e. The van der Waals surface area contributed by atoms with Gasteiger partial charge in [-0.1, -0.05) is 5.16 Å². The Hall–Kier alpha value is -1.51. The molecule has 0 spiro atoms. The Labute approximate surface area is 70.4 Å². The maximum absolute atomic E-state index is 4.97. The lowest BCUT2D eigenvalue weighted by Crippen LogP contribution is -1.94. The molecule has 1 heterocycles. The number of aromatic nitrogens is 1. The maximum atomic E-state index is 4.97. The lowest BCUT2D eigenvalue weighted by molar-refractivity contribution is 0.456. The highest BCUT2D eigenvalue weighted by molar-refractivity contribution is 5.79. The highest BCUT2D eigenvalue weighted by atomic mass is 16.5. The number of hydrogen-bond acceptors (Lipinski definition) is 3. The van der Waals surface area contributed by atoms with Crippen LogP contribution >= 0.6 is 0 Å². The Kier molecular flexibility index (Phi) is 1.70. The molecule has 12 heavy (non-hydrogen) atoms. The van der Waals surface area contributed by atoms with E-state index in [0.717, 1.165) is 23.2 Å². The standard InChI is InChI=1S/C9H10N2O/c1-2-10-8-3-4-9-7(5-8)6-11-12-9/h3-6,10H,2H2,1H3. The van der Waals surface area contributed by atoms with Gasteiger partial charge in [0.05, 0.1) is 6.20 Å². The van der Waals surface area contributed by atoms with E-state index >= 15 is 0 Å². The number of benzene rings is 1. The van der Waals surface area contributed by atoms with Crippen LogP contribution in [-0.4, -0.2) is 11.7 Å². The summed E-state index contributed by atoms with van der Waals surface area (Å²) in [4.78, 5) is 0. The summed E-state index contributed by atoms with van der Waals surface area (Å²) < 4.78 is 4.97. The lowest BCUT2D eigenvalue weighted by atomic mass is 10.2. The SMILES string of the molecule is CCNc1ccc2oncc2c1. The summed E-state index contributed by atoms with van der Waals surface area (Å²) in [5.74, 6) is 0. The van der Waals surface area contributed by atoms with Gasteiger partial charge in [-0.3, -0.25) is 0 Å². The number of nitrogens with zero attached hydrogens (tertiary/aromatic N) is 1. The number of rotatable bonds is 2. The molecule has 0 aliphatic heterocycles. The molecule has 0 atom stereocenters. The molecular formula is C9H10N2O. The third-order valence-electron chi connectivity index (χ3n) is 1.73. The molecule has 0 fully saturated rings. The molecule has 3 nitrogen and oxygen atoms in total. The zero-order valence-electron chi connectivity index (χ0n) is 6.87. The quantitative estimate of drug-likeness (QED) is 0.736. The molecule has 0 amide bonds. The van der Waals surface area contributed by atoms with Crippen molar-refractivity contribution in [2.45, 2.75) is 6.92 Å². The van der Waals surface area contributed by atoms with E-state index in [4.69, 9.17) is 4.52 Å². The van der Waals surface area contributed by atoms with Gasteiger partial charge in [-0.05, 0) is 25.1 Å². The minimum Gasteiger partial charge on any atom is -0.385 e. The van der Waals surface area contributed by atoms with Crippen molar-refractivity contribution in [1.82, 2.24) is 5.16 Å². The summed E-state index contributed by atoms with van der Waals surface area (Å²) in [5.41, 5.74) is 1.94. The van der Waals surface area contributed by atoms with Crippen LogP contribution in [0.3, 0.4) is 0 Å². The second-order valence-electron chi connectivity index (χ2n) is 2.61. The zero-order valence-corrected chi connectivity index (χ0v) is 6.87. The summed E-state index contributed by atoms with van der Waals surface area (Å²) in [6, 6.07) is 5.92. The second kappa shape index (κ2) is 2.85. The summed E-state index contributed by atoms with van der Waals surface area (Å²) >= 11 is 0. The largest absolute Gasteiger partial charge is 0.385 e. The van der Waals surface area contributed by atoms with Crippen LogP contribution in [0.1, 0.15) is 6.92 Å². The fourth-order valence-corrected chi connectivity index (χ4v) is 1.19. The molecule has 0 saturated carbocycles. The van der Waals surface area contributed by atoms with Crippen LogP contribution in [0.25, 0.3) is 11.0 Å². The zero-order chi connectivity index (χ0) is 8.39. The Morgan fingerprint density at radius 2 is 2.42 bits per heavy atom. The molecule has 62 valence electrons. The van der Waals surface area contributed by atoms with Gasteiger partial charge in [0.25, 0.3) is 0 Å². The first-order valence-electron chi connectivity index (χ1n) is 3.98. The topological polar surface area (TPSA) is 38.1 Å². The predicted octanol–water partition coefficient (Wildman–Crippen LogP) is 2.26. The van der Waals surface area contributed by atoms with E-state index in [0.29, 0.717) is 0 Å². The van der Waals surface area contributed by atoms with Crippen molar-refractivity contribution in [2.24, 2.45) is 0 Å². The second-order valence-corrected chi connectivity index (χ2v) is 2.61.